The summed E-state index contributed by atoms with van der Waals surface area (Å²) in [5.41, 5.74) is 0. The second-order valence-corrected chi connectivity index (χ2v) is 5.05. The number of rotatable bonds is 2. The van der Waals surface area contributed by atoms with E-state index < -0.39 is 0 Å². The molecule has 3 heteroatoms. The predicted molar refractivity (Wildman–Crippen MR) is 55.0 cm³/mol. The number of hydrogen-bond donors (Lipinski definition) is 2. The van der Waals surface area contributed by atoms with Crippen LogP contribution in [0.1, 0.15) is 26.2 Å². The van der Waals surface area contributed by atoms with Crippen LogP contribution in [0.15, 0.2) is 0 Å². The van der Waals surface area contributed by atoms with Gasteiger partial charge < -0.3 is 15.1 Å². The third kappa shape index (κ3) is 2.27. The summed E-state index contributed by atoms with van der Waals surface area (Å²) in [7, 11) is 0. The molecule has 0 aromatic carbocycles. The summed E-state index contributed by atoms with van der Waals surface area (Å²) in [6, 6.07) is 0. The number of nitrogens with zero attached hydrogens (tertiary/aromatic N) is 1. The fraction of sp³-hybridized carbons (Fsp3) is 1.00. The largest absolute Gasteiger partial charge is 0.393 e. The summed E-state index contributed by atoms with van der Waals surface area (Å²) >= 11 is 0. The maximum Gasteiger partial charge on any atom is 0.0639 e. The van der Waals surface area contributed by atoms with Gasteiger partial charge in [0.2, 0.25) is 0 Å². The molecule has 1 saturated heterocycles. The third-order valence-corrected chi connectivity index (χ3v) is 3.62. The lowest BCUT2D eigenvalue weighted by atomic mass is 9.80. The van der Waals surface area contributed by atoms with Crippen LogP contribution in [0.25, 0.3) is 0 Å². The maximum atomic E-state index is 9.56. The molecule has 2 aliphatic rings. The molecule has 1 saturated carbocycles. The molecule has 1 aliphatic heterocycles. The molecule has 0 aromatic rings. The highest BCUT2D eigenvalue weighted by atomic mass is 16.3. The van der Waals surface area contributed by atoms with E-state index in [0.29, 0.717) is 5.92 Å². The molecule has 0 radical (unpaired) electrons. The second kappa shape index (κ2) is 4.17. The SMILES string of the molecule is C[C@H](O)CN1CC2CCC(O)CC2C1. The summed E-state index contributed by atoms with van der Waals surface area (Å²) in [5.74, 6) is 1.45. The Morgan fingerprint density at radius 1 is 1.29 bits per heavy atom. The number of hydrogen-bond acceptors (Lipinski definition) is 3. The van der Waals surface area contributed by atoms with Crippen LogP contribution in [-0.2, 0) is 0 Å². The highest BCUT2D eigenvalue weighted by molar-refractivity contribution is 4.89. The summed E-state index contributed by atoms with van der Waals surface area (Å²) in [5, 5.41) is 18.9. The van der Waals surface area contributed by atoms with Crippen molar-refractivity contribution in [2.24, 2.45) is 11.8 Å². The van der Waals surface area contributed by atoms with E-state index >= 15 is 0 Å². The van der Waals surface area contributed by atoms with Gasteiger partial charge >= 0.3 is 0 Å². The molecule has 0 bridgehead atoms. The van der Waals surface area contributed by atoms with E-state index in [0.717, 1.165) is 38.4 Å². The molecule has 82 valence electrons. The topological polar surface area (TPSA) is 43.7 Å². The molecule has 14 heavy (non-hydrogen) atoms. The molecule has 0 amide bonds. The Kier molecular flexibility index (Phi) is 3.10. The summed E-state index contributed by atoms with van der Waals surface area (Å²) in [6.45, 7) is 4.84. The molecular formula is C11H21NO2. The van der Waals surface area contributed by atoms with Crippen molar-refractivity contribution in [3.8, 4) is 0 Å². The van der Waals surface area contributed by atoms with Crippen molar-refractivity contribution in [3.63, 3.8) is 0 Å². The Morgan fingerprint density at radius 2 is 2.00 bits per heavy atom. The predicted octanol–water partition coefficient (Wildman–Crippen LogP) is 0.460. The van der Waals surface area contributed by atoms with E-state index in [1.807, 2.05) is 6.92 Å². The monoisotopic (exact) mass is 199 g/mol. The van der Waals surface area contributed by atoms with Gasteiger partial charge in [-0.2, -0.15) is 0 Å². The van der Waals surface area contributed by atoms with Crippen molar-refractivity contribution >= 4 is 0 Å². The van der Waals surface area contributed by atoms with Crippen molar-refractivity contribution in [2.45, 2.75) is 38.4 Å². The van der Waals surface area contributed by atoms with Gasteiger partial charge in [-0.25, -0.2) is 0 Å². The van der Waals surface area contributed by atoms with Gasteiger partial charge in [0.05, 0.1) is 12.2 Å². The summed E-state index contributed by atoms with van der Waals surface area (Å²) in [4.78, 5) is 2.35. The van der Waals surface area contributed by atoms with Gasteiger partial charge in [0, 0.05) is 19.6 Å². The number of aliphatic hydroxyl groups excluding tert-OH is 2. The third-order valence-electron chi connectivity index (χ3n) is 3.62. The molecule has 3 unspecified atom stereocenters. The molecule has 1 aliphatic carbocycles. The van der Waals surface area contributed by atoms with Gasteiger partial charge in [0.25, 0.3) is 0 Å². The molecule has 2 N–H and O–H groups in total. The Hall–Kier alpha value is -0.120. The Morgan fingerprint density at radius 3 is 2.71 bits per heavy atom. The van der Waals surface area contributed by atoms with Gasteiger partial charge in [-0.15, -0.1) is 0 Å². The van der Waals surface area contributed by atoms with Crippen LogP contribution in [0.2, 0.25) is 0 Å². The van der Waals surface area contributed by atoms with Gasteiger partial charge in [-0.05, 0) is 38.0 Å². The molecule has 4 atom stereocenters. The Balaban J connectivity index is 1.86. The summed E-state index contributed by atoms with van der Waals surface area (Å²) in [6.07, 6.45) is 2.83. The van der Waals surface area contributed by atoms with Crippen LogP contribution in [-0.4, -0.2) is 47.0 Å². The van der Waals surface area contributed by atoms with Crippen molar-refractivity contribution in [2.75, 3.05) is 19.6 Å². The first-order valence-electron chi connectivity index (χ1n) is 5.73. The Bertz CT molecular complexity index is 196. The van der Waals surface area contributed by atoms with Crippen LogP contribution in [0, 0.1) is 11.8 Å². The highest BCUT2D eigenvalue weighted by Crippen LogP contribution is 2.36. The van der Waals surface area contributed by atoms with Crippen molar-refractivity contribution in [1.82, 2.24) is 4.90 Å². The molecule has 0 aromatic heterocycles. The number of aliphatic hydroxyl groups is 2. The van der Waals surface area contributed by atoms with Crippen LogP contribution >= 0.6 is 0 Å². The van der Waals surface area contributed by atoms with Crippen LogP contribution < -0.4 is 0 Å². The molecule has 2 fully saturated rings. The van der Waals surface area contributed by atoms with Gasteiger partial charge in [0.15, 0.2) is 0 Å². The van der Waals surface area contributed by atoms with Crippen molar-refractivity contribution in [1.29, 1.82) is 0 Å². The van der Waals surface area contributed by atoms with Gasteiger partial charge in [-0.1, -0.05) is 0 Å². The average Bonchev–Trinajstić information content (AvgIpc) is 2.44. The highest BCUT2D eigenvalue weighted by Gasteiger charge is 2.37. The van der Waals surface area contributed by atoms with Crippen molar-refractivity contribution in [3.05, 3.63) is 0 Å². The first-order valence-corrected chi connectivity index (χ1v) is 5.73. The average molecular weight is 199 g/mol. The summed E-state index contributed by atoms with van der Waals surface area (Å²) < 4.78 is 0. The van der Waals surface area contributed by atoms with Gasteiger partial charge in [0.1, 0.15) is 0 Å². The molecule has 1 heterocycles. The van der Waals surface area contributed by atoms with E-state index in [-0.39, 0.29) is 12.2 Å². The number of fused-ring (bicyclic) bond motifs is 1. The first kappa shape index (κ1) is 10.4. The Labute approximate surface area is 85.7 Å². The minimum absolute atomic E-state index is 0.0669. The zero-order chi connectivity index (χ0) is 10.1. The fourth-order valence-electron chi connectivity index (χ4n) is 3.03. The lowest BCUT2D eigenvalue weighted by Crippen LogP contribution is -2.29. The minimum atomic E-state index is -0.222. The first-order chi connectivity index (χ1) is 6.65. The van der Waals surface area contributed by atoms with E-state index in [2.05, 4.69) is 4.90 Å². The van der Waals surface area contributed by atoms with E-state index in [4.69, 9.17) is 0 Å². The normalized spacial score (nSPS) is 40.9. The van der Waals surface area contributed by atoms with Crippen LogP contribution in [0.4, 0.5) is 0 Å². The quantitative estimate of drug-likeness (QED) is 0.679. The number of β-amino-alcohol motifs (C(OH)–C–C–N with tert-alkyl or cyclic N) is 1. The zero-order valence-corrected chi connectivity index (χ0v) is 8.89. The standard InChI is InChI=1S/C11H21NO2/c1-8(13)5-12-6-9-2-3-11(14)4-10(9)7-12/h8-11,13-14H,2-7H2,1H3/t8-,9?,10?,11?/m0/s1. The molecule has 3 nitrogen and oxygen atoms in total. The van der Waals surface area contributed by atoms with Crippen LogP contribution in [0.5, 0.6) is 0 Å². The second-order valence-electron chi connectivity index (χ2n) is 5.05. The fourth-order valence-corrected chi connectivity index (χ4v) is 3.03. The zero-order valence-electron chi connectivity index (χ0n) is 8.89. The molecule has 0 spiro atoms. The van der Waals surface area contributed by atoms with Crippen LogP contribution in [0.3, 0.4) is 0 Å². The molecule has 2 rings (SSSR count). The maximum absolute atomic E-state index is 9.56. The molecular weight excluding hydrogens is 178 g/mol. The van der Waals surface area contributed by atoms with E-state index in [9.17, 15) is 10.2 Å². The lowest BCUT2D eigenvalue weighted by Gasteiger charge is -2.27. The smallest absolute Gasteiger partial charge is 0.0639 e. The van der Waals surface area contributed by atoms with Crippen molar-refractivity contribution < 1.29 is 10.2 Å². The lowest BCUT2D eigenvalue weighted by molar-refractivity contribution is 0.0864. The van der Waals surface area contributed by atoms with E-state index in [1.54, 1.807) is 0 Å². The minimum Gasteiger partial charge on any atom is -0.393 e. The number of likely N-dealkylation sites (tertiary alicyclic amines) is 1. The van der Waals surface area contributed by atoms with E-state index in [1.165, 1.54) is 6.42 Å². The van der Waals surface area contributed by atoms with Gasteiger partial charge in [-0.3, -0.25) is 0 Å².